The molecule has 0 aromatic heterocycles. The first-order valence-corrected chi connectivity index (χ1v) is 7.84. The smallest absolute Gasteiger partial charge is 0.303 e. The zero-order valence-electron chi connectivity index (χ0n) is 11.3. The number of rotatable bonds is 10. The van der Waals surface area contributed by atoms with Crippen LogP contribution in [-0.4, -0.2) is 44.2 Å². The van der Waals surface area contributed by atoms with Crippen LogP contribution in [0.25, 0.3) is 0 Å². The highest BCUT2D eigenvalue weighted by molar-refractivity contribution is 7.89. The maximum absolute atomic E-state index is 11.4. The number of sulfonamides is 1. The molecule has 0 aliphatic heterocycles. The van der Waals surface area contributed by atoms with Gasteiger partial charge in [0, 0.05) is 25.9 Å². The summed E-state index contributed by atoms with van der Waals surface area (Å²) in [5, 5.41) is 11.1. The molecule has 8 heteroatoms. The molecule has 0 heterocycles. The summed E-state index contributed by atoms with van der Waals surface area (Å²) in [6, 6.07) is 0. The fourth-order valence-corrected chi connectivity index (χ4v) is 2.29. The second-order valence-corrected chi connectivity index (χ2v) is 6.58. The highest BCUT2D eigenvalue weighted by atomic mass is 32.2. The second-order valence-electron chi connectivity index (χ2n) is 4.66. The van der Waals surface area contributed by atoms with Gasteiger partial charge < -0.3 is 10.4 Å². The van der Waals surface area contributed by atoms with Crippen LogP contribution in [0.1, 0.15) is 33.1 Å². The van der Waals surface area contributed by atoms with Crippen molar-refractivity contribution >= 4 is 21.9 Å². The summed E-state index contributed by atoms with van der Waals surface area (Å²) in [6.07, 6.45) is -0.0507. The van der Waals surface area contributed by atoms with Crippen LogP contribution in [0.15, 0.2) is 0 Å². The molecule has 0 fully saturated rings. The molecule has 0 atom stereocenters. The lowest BCUT2D eigenvalue weighted by atomic mass is 10.2. The fraction of sp³-hybridized carbons (Fsp3) is 0.818. The maximum Gasteiger partial charge on any atom is 0.303 e. The average Bonchev–Trinajstić information content (AvgIpc) is 2.25. The lowest BCUT2D eigenvalue weighted by Crippen LogP contribution is -2.33. The van der Waals surface area contributed by atoms with Crippen LogP contribution in [0.2, 0.25) is 0 Å². The number of carbonyl (C=O) groups excluding carboxylic acids is 1. The molecule has 3 N–H and O–H groups in total. The molecule has 0 rings (SSSR count). The molecule has 0 aromatic carbocycles. The summed E-state index contributed by atoms with van der Waals surface area (Å²) in [5.41, 5.74) is 0. The monoisotopic (exact) mass is 294 g/mol. The topological polar surface area (TPSA) is 113 Å². The summed E-state index contributed by atoms with van der Waals surface area (Å²) in [4.78, 5) is 21.6. The van der Waals surface area contributed by atoms with E-state index in [4.69, 9.17) is 5.11 Å². The molecular formula is C11H22N2O5S. The van der Waals surface area contributed by atoms with Gasteiger partial charge in [-0.1, -0.05) is 13.8 Å². The fourth-order valence-electron chi connectivity index (χ4n) is 1.21. The second kappa shape index (κ2) is 8.87. The summed E-state index contributed by atoms with van der Waals surface area (Å²) < 4.78 is 25.1. The van der Waals surface area contributed by atoms with Crippen LogP contribution in [0.3, 0.4) is 0 Å². The number of hydrogen-bond acceptors (Lipinski definition) is 4. The minimum Gasteiger partial charge on any atom is -0.481 e. The average molecular weight is 294 g/mol. The molecule has 112 valence electrons. The van der Waals surface area contributed by atoms with Gasteiger partial charge in [0.1, 0.15) is 0 Å². The quantitative estimate of drug-likeness (QED) is 0.522. The lowest BCUT2D eigenvalue weighted by Gasteiger charge is -2.08. The van der Waals surface area contributed by atoms with E-state index in [2.05, 4.69) is 10.0 Å². The van der Waals surface area contributed by atoms with Gasteiger partial charge in [0.2, 0.25) is 15.9 Å². The highest BCUT2D eigenvalue weighted by Gasteiger charge is 2.11. The third-order valence-corrected chi connectivity index (χ3v) is 3.66. The van der Waals surface area contributed by atoms with Crippen molar-refractivity contribution in [3.63, 3.8) is 0 Å². The SMILES string of the molecule is CC(C)CNC(=O)CCNS(=O)(=O)CCCC(=O)O. The van der Waals surface area contributed by atoms with Crippen LogP contribution in [0, 0.1) is 5.92 Å². The van der Waals surface area contributed by atoms with Crippen LogP contribution in [0.5, 0.6) is 0 Å². The van der Waals surface area contributed by atoms with Gasteiger partial charge in [-0.25, -0.2) is 13.1 Å². The number of hydrogen-bond donors (Lipinski definition) is 3. The summed E-state index contributed by atoms with van der Waals surface area (Å²) >= 11 is 0. The van der Waals surface area contributed by atoms with Crippen LogP contribution in [0.4, 0.5) is 0 Å². The zero-order valence-corrected chi connectivity index (χ0v) is 12.1. The standard InChI is InChI=1S/C11H22N2O5S/c1-9(2)8-12-10(14)5-6-13-19(17,18)7-3-4-11(15)16/h9,13H,3-8H2,1-2H3,(H,12,14)(H,15,16). The summed E-state index contributed by atoms with van der Waals surface area (Å²) in [7, 11) is -3.50. The number of aliphatic carboxylic acids is 1. The molecule has 0 saturated heterocycles. The maximum atomic E-state index is 11.4. The van der Waals surface area contributed by atoms with E-state index < -0.39 is 16.0 Å². The van der Waals surface area contributed by atoms with Gasteiger partial charge in [-0.05, 0) is 12.3 Å². The number of amides is 1. The molecule has 1 amide bonds. The first-order valence-electron chi connectivity index (χ1n) is 6.19. The van der Waals surface area contributed by atoms with E-state index >= 15 is 0 Å². The van der Waals surface area contributed by atoms with E-state index in [-0.39, 0.29) is 37.5 Å². The first-order chi connectivity index (χ1) is 8.73. The molecule has 0 saturated carbocycles. The van der Waals surface area contributed by atoms with Crippen molar-refractivity contribution in [2.75, 3.05) is 18.8 Å². The number of nitrogens with one attached hydrogen (secondary N) is 2. The third-order valence-electron chi connectivity index (χ3n) is 2.19. The predicted molar refractivity (Wildman–Crippen MR) is 71.1 cm³/mol. The summed E-state index contributed by atoms with van der Waals surface area (Å²) in [6.45, 7) is 4.51. The lowest BCUT2D eigenvalue weighted by molar-refractivity contribution is -0.137. The molecule has 19 heavy (non-hydrogen) atoms. The molecule has 0 spiro atoms. The molecule has 0 aliphatic rings. The Hall–Kier alpha value is -1.15. The number of carboxylic acid groups (broad SMARTS) is 1. The van der Waals surface area contributed by atoms with Gasteiger partial charge in [-0.2, -0.15) is 0 Å². The van der Waals surface area contributed by atoms with Crippen molar-refractivity contribution in [3.05, 3.63) is 0 Å². The zero-order chi connectivity index (χ0) is 14.9. The number of carboxylic acids is 1. The molecule has 7 nitrogen and oxygen atoms in total. The Morgan fingerprint density at radius 1 is 1.21 bits per heavy atom. The van der Waals surface area contributed by atoms with Crippen molar-refractivity contribution < 1.29 is 23.1 Å². The van der Waals surface area contributed by atoms with Crippen molar-refractivity contribution in [3.8, 4) is 0 Å². The first kappa shape index (κ1) is 17.8. The van der Waals surface area contributed by atoms with Crippen molar-refractivity contribution in [2.45, 2.75) is 33.1 Å². The van der Waals surface area contributed by atoms with E-state index in [1.807, 2.05) is 13.8 Å². The van der Waals surface area contributed by atoms with E-state index in [1.165, 1.54) is 0 Å². The van der Waals surface area contributed by atoms with Crippen LogP contribution >= 0.6 is 0 Å². The van der Waals surface area contributed by atoms with E-state index in [9.17, 15) is 18.0 Å². The van der Waals surface area contributed by atoms with Crippen molar-refractivity contribution in [1.82, 2.24) is 10.0 Å². The third kappa shape index (κ3) is 11.7. The Balaban J connectivity index is 3.79. The molecule has 0 aromatic rings. The van der Waals surface area contributed by atoms with Gasteiger partial charge in [-0.15, -0.1) is 0 Å². The van der Waals surface area contributed by atoms with E-state index in [0.29, 0.717) is 12.5 Å². The Morgan fingerprint density at radius 3 is 2.37 bits per heavy atom. The van der Waals surface area contributed by atoms with Gasteiger partial charge in [0.25, 0.3) is 0 Å². The van der Waals surface area contributed by atoms with Crippen molar-refractivity contribution in [2.24, 2.45) is 5.92 Å². The minimum atomic E-state index is -3.50. The molecular weight excluding hydrogens is 272 g/mol. The van der Waals surface area contributed by atoms with Gasteiger partial charge in [0.15, 0.2) is 0 Å². The van der Waals surface area contributed by atoms with E-state index in [1.54, 1.807) is 0 Å². The molecule has 0 bridgehead atoms. The normalized spacial score (nSPS) is 11.5. The van der Waals surface area contributed by atoms with Gasteiger partial charge in [0.05, 0.1) is 5.75 Å². The number of carbonyl (C=O) groups is 2. The molecule has 0 aliphatic carbocycles. The van der Waals surface area contributed by atoms with Crippen LogP contribution < -0.4 is 10.0 Å². The summed E-state index contributed by atoms with van der Waals surface area (Å²) in [5.74, 6) is -1.13. The predicted octanol–water partition coefficient (Wildman–Crippen LogP) is -0.0671. The Labute approximate surface area is 113 Å². The minimum absolute atomic E-state index is 0.0271. The Bertz CT molecular complexity index is 392. The Kier molecular flexibility index (Phi) is 8.33. The molecule has 0 radical (unpaired) electrons. The molecule has 0 unspecified atom stereocenters. The van der Waals surface area contributed by atoms with E-state index in [0.717, 1.165) is 0 Å². The van der Waals surface area contributed by atoms with Crippen molar-refractivity contribution in [1.29, 1.82) is 0 Å². The Morgan fingerprint density at radius 2 is 1.84 bits per heavy atom. The largest absolute Gasteiger partial charge is 0.481 e. The highest BCUT2D eigenvalue weighted by Crippen LogP contribution is 1.95. The van der Waals surface area contributed by atoms with Gasteiger partial charge in [-0.3, -0.25) is 9.59 Å². The van der Waals surface area contributed by atoms with Crippen LogP contribution in [-0.2, 0) is 19.6 Å². The van der Waals surface area contributed by atoms with Gasteiger partial charge >= 0.3 is 5.97 Å².